The van der Waals surface area contributed by atoms with Crippen molar-refractivity contribution >= 4 is 0 Å². The molecule has 0 radical (unpaired) electrons. The van der Waals surface area contributed by atoms with Gasteiger partial charge in [0.15, 0.2) is 0 Å². The SMILES string of the molecule is CCCOc1ccnc([C@H](C)O)c1. The summed E-state index contributed by atoms with van der Waals surface area (Å²) in [6, 6.07) is 3.56. The summed E-state index contributed by atoms with van der Waals surface area (Å²) < 4.78 is 5.39. The Kier molecular flexibility index (Phi) is 3.71. The summed E-state index contributed by atoms with van der Waals surface area (Å²) in [7, 11) is 0. The van der Waals surface area contributed by atoms with Crippen molar-refractivity contribution in [1.82, 2.24) is 4.98 Å². The van der Waals surface area contributed by atoms with E-state index in [4.69, 9.17) is 4.74 Å². The Hall–Kier alpha value is -1.09. The molecule has 0 amide bonds. The van der Waals surface area contributed by atoms with E-state index in [2.05, 4.69) is 11.9 Å². The number of aromatic nitrogens is 1. The van der Waals surface area contributed by atoms with Gasteiger partial charge in [0.1, 0.15) is 5.75 Å². The molecule has 0 aliphatic carbocycles. The maximum Gasteiger partial charge on any atom is 0.122 e. The van der Waals surface area contributed by atoms with Gasteiger partial charge in [-0.3, -0.25) is 4.98 Å². The second-order valence-electron chi connectivity index (χ2n) is 2.94. The van der Waals surface area contributed by atoms with Crippen LogP contribution in [0.15, 0.2) is 18.3 Å². The van der Waals surface area contributed by atoms with Crippen molar-refractivity contribution in [2.45, 2.75) is 26.4 Å². The Morgan fingerprint density at radius 2 is 2.38 bits per heavy atom. The zero-order valence-electron chi connectivity index (χ0n) is 8.03. The number of rotatable bonds is 4. The van der Waals surface area contributed by atoms with Gasteiger partial charge in [-0.15, -0.1) is 0 Å². The Morgan fingerprint density at radius 3 is 3.00 bits per heavy atom. The van der Waals surface area contributed by atoms with Gasteiger partial charge >= 0.3 is 0 Å². The van der Waals surface area contributed by atoms with Gasteiger partial charge in [0.05, 0.1) is 18.4 Å². The quantitative estimate of drug-likeness (QED) is 0.771. The average molecular weight is 181 g/mol. The van der Waals surface area contributed by atoms with Crippen LogP contribution < -0.4 is 4.74 Å². The fraction of sp³-hybridized carbons (Fsp3) is 0.500. The van der Waals surface area contributed by atoms with Crippen LogP contribution in [-0.4, -0.2) is 16.7 Å². The molecule has 0 saturated heterocycles. The van der Waals surface area contributed by atoms with Crippen molar-refractivity contribution in [2.75, 3.05) is 6.61 Å². The topological polar surface area (TPSA) is 42.4 Å². The smallest absolute Gasteiger partial charge is 0.122 e. The van der Waals surface area contributed by atoms with Gasteiger partial charge in [-0.05, 0) is 19.4 Å². The lowest BCUT2D eigenvalue weighted by atomic mass is 10.2. The summed E-state index contributed by atoms with van der Waals surface area (Å²) in [6.07, 6.45) is 2.09. The van der Waals surface area contributed by atoms with Crippen LogP contribution in [0, 0.1) is 0 Å². The first-order valence-corrected chi connectivity index (χ1v) is 4.51. The van der Waals surface area contributed by atoms with E-state index < -0.39 is 6.10 Å². The molecule has 0 aliphatic heterocycles. The van der Waals surface area contributed by atoms with E-state index in [0.29, 0.717) is 12.3 Å². The number of ether oxygens (including phenoxy) is 1. The lowest BCUT2D eigenvalue weighted by Crippen LogP contribution is -1.99. The first-order chi connectivity index (χ1) is 6.24. The number of hydrogen-bond donors (Lipinski definition) is 1. The summed E-state index contributed by atoms with van der Waals surface area (Å²) in [4.78, 5) is 4.02. The molecule has 0 unspecified atom stereocenters. The molecule has 0 bridgehead atoms. The molecular formula is C10H15NO2. The molecule has 0 aliphatic rings. The maximum absolute atomic E-state index is 9.26. The first-order valence-electron chi connectivity index (χ1n) is 4.51. The summed E-state index contributed by atoms with van der Waals surface area (Å²) >= 11 is 0. The van der Waals surface area contributed by atoms with Crippen molar-refractivity contribution in [3.8, 4) is 5.75 Å². The summed E-state index contributed by atoms with van der Waals surface area (Å²) in [6.45, 7) is 4.44. The van der Waals surface area contributed by atoms with Crippen molar-refractivity contribution < 1.29 is 9.84 Å². The van der Waals surface area contributed by atoms with Crippen molar-refractivity contribution in [2.24, 2.45) is 0 Å². The fourth-order valence-corrected chi connectivity index (χ4v) is 0.966. The highest BCUT2D eigenvalue weighted by Gasteiger charge is 2.02. The van der Waals surface area contributed by atoms with Crippen LogP contribution in [0.25, 0.3) is 0 Å². The lowest BCUT2D eigenvalue weighted by Gasteiger charge is -2.07. The second-order valence-corrected chi connectivity index (χ2v) is 2.94. The lowest BCUT2D eigenvalue weighted by molar-refractivity contribution is 0.193. The van der Waals surface area contributed by atoms with Gasteiger partial charge in [-0.25, -0.2) is 0 Å². The molecular weight excluding hydrogens is 166 g/mol. The third kappa shape index (κ3) is 3.03. The van der Waals surface area contributed by atoms with Gasteiger partial charge in [-0.2, -0.15) is 0 Å². The van der Waals surface area contributed by atoms with Crippen molar-refractivity contribution in [1.29, 1.82) is 0 Å². The molecule has 0 saturated carbocycles. The fourth-order valence-electron chi connectivity index (χ4n) is 0.966. The third-order valence-corrected chi connectivity index (χ3v) is 1.65. The van der Waals surface area contributed by atoms with Crippen LogP contribution in [0.5, 0.6) is 5.75 Å². The molecule has 3 heteroatoms. The number of aliphatic hydroxyl groups is 1. The molecule has 1 aromatic rings. The molecule has 1 heterocycles. The molecule has 0 spiro atoms. The molecule has 3 nitrogen and oxygen atoms in total. The number of aliphatic hydroxyl groups excluding tert-OH is 1. The minimum Gasteiger partial charge on any atom is -0.493 e. The van der Waals surface area contributed by atoms with E-state index in [1.807, 2.05) is 0 Å². The Labute approximate surface area is 78.4 Å². The minimum absolute atomic E-state index is 0.537. The van der Waals surface area contributed by atoms with E-state index in [-0.39, 0.29) is 0 Å². The van der Waals surface area contributed by atoms with E-state index in [9.17, 15) is 5.11 Å². The summed E-state index contributed by atoms with van der Waals surface area (Å²) in [5.74, 6) is 0.771. The van der Waals surface area contributed by atoms with Crippen molar-refractivity contribution in [3.05, 3.63) is 24.0 Å². The van der Waals surface area contributed by atoms with Crippen LogP contribution in [0.1, 0.15) is 32.1 Å². The van der Waals surface area contributed by atoms with Crippen molar-refractivity contribution in [3.63, 3.8) is 0 Å². The molecule has 1 atom stereocenters. The highest BCUT2D eigenvalue weighted by molar-refractivity contribution is 5.23. The molecule has 1 aromatic heterocycles. The Bertz CT molecular complexity index is 261. The van der Waals surface area contributed by atoms with Gasteiger partial charge in [0, 0.05) is 12.3 Å². The number of nitrogens with zero attached hydrogens (tertiary/aromatic N) is 1. The monoisotopic (exact) mass is 181 g/mol. The van der Waals surface area contributed by atoms with Crippen LogP contribution in [0.3, 0.4) is 0 Å². The summed E-state index contributed by atoms with van der Waals surface area (Å²) in [5, 5.41) is 9.26. The zero-order valence-corrected chi connectivity index (χ0v) is 8.03. The van der Waals surface area contributed by atoms with E-state index >= 15 is 0 Å². The summed E-state index contributed by atoms with van der Waals surface area (Å²) in [5.41, 5.74) is 0.647. The molecule has 0 aromatic carbocycles. The highest BCUT2D eigenvalue weighted by Crippen LogP contribution is 2.16. The standard InChI is InChI=1S/C10H15NO2/c1-3-6-13-9-4-5-11-10(7-9)8(2)12/h4-5,7-8,12H,3,6H2,1-2H3/t8-/m0/s1. The van der Waals surface area contributed by atoms with E-state index in [1.165, 1.54) is 0 Å². The Morgan fingerprint density at radius 1 is 1.62 bits per heavy atom. The van der Waals surface area contributed by atoms with E-state index in [0.717, 1.165) is 12.2 Å². The van der Waals surface area contributed by atoms with Crippen LogP contribution in [0.2, 0.25) is 0 Å². The molecule has 72 valence electrons. The maximum atomic E-state index is 9.26. The Balaban J connectivity index is 2.68. The van der Waals surface area contributed by atoms with Crippen LogP contribution in [0.4, 0.5) is 0 Å². The van der Waals surface area contributed by atoms with Crippen LogP contribution >= 0.6 is 0 Å². The minimum atomic E-state index is -0.537. The van der Waals surface area contributed by atoms with Gasteiger partial charge < -0.3 is 9.84 Å². The van der Waals surface area contributed by atoms with Gasteiger partial charge in [0.25, 0.3) is 0 Å². The third-order valence-electron chi connectivity index (χ3n) is 1.65. The van der Waals surface area contributed by atoms with E-state index in [1.54, 1.807) is 25.3 Å². The number of hydrogen-bond acceptors (Lipinski definition) is 3. The zero-order chi connectivity index (χ0) is 9.68. The second kappa shape index (κ2) is 4.82. The first kappa shape index (κ1) is 9.99. The molecule has 0 fully saturated rings. The predicted molar refractivity (Wildman–Crippen MR) is 50.7 cm³/mol. The largest absolute Gasteiger partial charge is 0.493 e. The van der Waals surface area contributed by atoms with Gasteiger partial charge in [-0.1, -0.05) is 6.92 Å². The van der Waals surface area contributed by atoms with Crippen LogP contribution in [-0.2, 0) is 0 Å². The normalized spacial score (nSPS) is 12.5. The molecule has 1 rings (SSSR count). The highest BCUT2D eigenvalue weighted by atomic mass is 16.5. The average Bonchev–Trinajstić information content (AvgIpc) is 2.15. The predicted octanol–water partition coefficient (Wildman–Crippen LogP) is 1.92. The van der Waals surface area contributed by atoms with Gasteiger partial charge in [0.2, 0.25) is 0 Å². The molecule has 1 N–H and O–H groups in total. The number of pyridine rings is 1. The molecule has 13 heavy (non-hydrogen) atoms.